The molecule has 0 bridgehead atoms. The third-order valence-electron chi connectivity index (χ3n) is 3.21. The van der Waals surface area contributed by atoms with Crippen molar-refractivity contribution < 1.29 is 4.74 Å². The van der Waals surface area contributed by atoms with E-state index in [0.717, 1.165) is 29.6 Å². The zero-order chi connectivity index (χ0) is 11.5. The minimum absolute atomic E-state index is 0.707. The van der Waals surface area contributed by atoms with Gasteiger partial charge in [-0.1, -0.05) is 13.3 Å². The van der Waals surface area contributed by atoms with E-state index >= 15 is 0 Å². The maximum atomic E-state index is 5.23. The summed E-state index contributed by atoms with van der Waals surface area (Å²) in [5, 5.41) is 3.53. The van der Waals surface area contributed by atoms with Crippen LogP contribution in [0.15, 0.2) is 12.1 Å². The van der Waals surface area contributed by atoms with E-state index in [1.165, 1.54) is 12.8 Å². The van der Waals surface area contributed by atoms with Gasteiger partial charge in [0.05, 0.1) is 12.8 Å². The molecule has 3 heteroatoms. The molecule has 0 radical (unpaired) electrons. The van der Waals surface area contributed by atoms with Crippen molar-refractivity contribution in [1.29, 1.82) is 0 Å². The van der Waals surface area contributed by atoms with Crippen molar-refractivity contribution >= 4 is 0 Å². The lowest BCUT2D eigenvalue weighted by Gasteiger charge is -2.07. The van der Waals surface area contributed by atoms with Gasteiger partial charge in [0.2, 0.25) is 0 Å². The molecule has 2 atom stereocenters. The van der Waals surface area contributed by atoms with Crippen molar-refractivity contribution in [2.24, 2.45) is 5.92 Å². The number of hydrogen-bond donors (Lipinski definition) is 1. The molecule has 1 aromatic rings. The Labute approximate surface area is 97.2 Å². The number of ether oxygens (including phenoxy) is 1. The summed E-state index contributed by atoms with van der Waals surface area (Å²) in [6, 6.07) is 4.66. The van der Waals surface area contributed by atoms with Crippen LogP contribution in [-0.2, 0) is 6.54 Å². The molecular weight excluding hydrogens is 200 g/mol. The normalized spacial score (nSPS) is 23.2. The predicted octanol–water partition coefficient (Wildman–Crippen LogP) is 2.29. The molecule has 2 unspecified atom stereocenters. The van der Waals surface area contributed by atoms with Crippen LogP contribution in [0.2, 0.25) is 0 Å². The lowest BCUT2D eigenvalue weighted by Crippen LogP contribution is -2.18. The van der Waals surface area contributed by atoms with Gasteiger partial charge < -0.3 is 10.1 Å². The number of hydrogen-bond acceptors (Lipinski definition) is 3. The molecule has 1 saturated carbocycles. The Kier molecular flexibility index (Phi) is 3.44. The first-order chi connectivity index (χ1) is 7.72. The average Bonchev–Trinajstić information content (AvgIpc) is 3.04. The predicted molar refractivity (Wildman–Crippen MR) is 64.6 cm³/mol. The van der Waals surface area contributed by atoms with E-state index < -0.39 is 0 Å². The van der Waals surface area contributed by atoms with Gasteiger partial charge in [-0.05, 0) is 19.3 Å². The van der Waals surface area contributed by atoms with E-state index in [1.54, 1.807) is 7.11 Å². The second-order valence-electron chi connectivity index (χ2n) is 4.53. The van der Waals surface area contributed by atoms with E-state index in [9.17, 15) is 0 Å². The van der Waals surface area contributed by atoms with Crippen LogP contribution in [0.1, 0.15) is 31.2 Å². The van der Waals surface area contributed by atoms with Crippen LogP contribution in [0.25, 0.3) is 0 Å². The van der Waals surface area contributed by atoms with E-state index in [-0.39, 0.29) is 0 Å². The molecular formula is C13H20N2O. The SMILES string of the molecule is CCC1CC1NCc1cc(OC)cc(C)n1. The third-order valence-corrected chi connectivity index (χ3v) is 3.21. The zero-order valence-corrected chi connectivity index (χ0v) is 10.3. The van der Waals surface area contributed by atoms with Crippen LogP contribution in [0.3, 0.4) is 0 Å². The second-order valence-corrected chi connectivity index (χ2v) is 4.53. The molecule has 3 nitrogen and oxygen atoms in total. The van der Waals surface area contributed by atoms with Gasteiger partial charge in [0.1, 0.15) is 5.75 Å². The molecule has 1 aromatic heterocycles. The molecule has 1 fully saturated rings. The van der Waals surface area contributed by atoms with E-state index in [4.69, 9.17) is 4.74 Å². The summed E-state index contributed by atoms with van der Waals surface area (Å²) in [4.78, 5) is 4.49. The monoisotopic (exact) mass is 220 g/mol. The smallest absolute Gasteiger partial charge is 0.122 e. The molecule has 0 spiro atoms. The number of methoxy groups -OCH3 is 1. The maximum absolute atomic E-state index is 5.23. The lowest BCUT2D eigenvalue weighted by molar-refractivity contribution is 0.412. The fourth-order valence-electron chi connectivity index (χ4n) is 2.10. The molecule has 1 heterocycles. The molecule has 1 aliphatic rings. The highest BCUT2D eigenvalue weighted by molar-refractivity contribution is 5.26. The first kappa shape index (κ1) is 11.4. The highest BCUT2D eigenvalue weighted by Crippen LogP contribution is 2.33. The van der Waals surface area contributed by atoms with Crippen LogP contribution in [0.5, 0.6) is 5.75 Å². The van der Waals surface area contributed by atoms with Gasteiger partial charge in [-0.2, -0.15) is 0 Å². The quantitative estimate of drug-likeness (QED) is 0.826. The number of aryl methyl sites for hydroxylation is 1. The minimum atomic E-state index is 0.707. The van der Waals surface area contributed by atoms with E-state index in [2.05, 4.69) is 17.2 Å². The third kappa shape index (κ3) is 2.73. The van der Waals surface area contributed by atoms with Crippen LogP contribution in [0, 0.1) is 12.8 Å². The summed E-state index contributed by atoms with van der Waals surface area (Å²) in [7, 11) is 1.69. The molecule has 0 aliphatic heterocycles. The van der Waals surface area contributed by atoms with Crippen LogP contribution < -0.4 is 10.1 Å². The molecule has 2 rings (SSSR count). The Hall–Kier alpha value is -1.09. The van der Waals surface area contributed by atoms with Crippen molar-refractivity contribution in [1.82, 2.24) is 10.3 Å². The topological polar surface area (TPSA) is 34.1 Å². The second kappa shape index (κ2) is 4.83. The summed E-state index contributed by atoms with van der Waals surface area (Å²) in [6.45, 7) is 5.09. The van der Waals surface area contributed by atoms with E-state index in [1.807, 2.05) is 19.1 Å². The Bertz CT molecular complexity index is 365. The number of pyridine rings is 1. The molecule has 16 heavy (non-hydrogen) atoms. The van der Waals surface area contributed by atoms with Gasteiger partial charge in [-0.25, -0.2) is 0 Å². The van der Waals surface area contributed by atoms with Crippen molar-refractivity contribution in [3.8, 4) is 5.75 Å². The van der Waals surface area contributed by atoms with Crippen molar-refractivity contribution in [2.45, 2.75) is 39.3 Å². The Morgan fingerprint density at radius 3 is 2.94 bits per heavy atom. The van der Waals surface area contributed by atoms with Crippen molar-refractivity contribution in [3.63, 3.8) is 0 Å². The van der Waals surface area contributed by atoms with Crippen LogP contribution >= 0.6 is 0 Å². The fraction of sp³-hybridized carbons (Fsp3) is 0.615. The van der Waals surface area contributed by atoms with Gasteiger partial charge in [-0.3, -0.25) is 4.98 Å². The van der Waals surface area contributed by atoms with Crippen molar-refractivity contribution in [3.05, 3.63) is 23.5 Å². The molecule has 1 aliphatic carbocycles. The Balaban J connectivity index is 1.91. The summed E-state index contributed by atoms with van der Waals surface area (Å²) in [5.41, 5.74) is 2.08. The van der Waals surface area contributed by atoms with Gasteiger partial charge >= 0.3 is 0 Å². The fourth-order valence-corrected chi connectivity index (χ4v) is 2.10. The standard InChI is InChI=1S/C13H20N2O/c1-4-10-6-13(10)14-8-11-7-12(16-3)5-9(2)15-11/h5,7,10,13-14H,4,6,8H2,1-3H3. The summed E-state index contributed by atoms with van der Waals surface area (Å²) in [5.74, 6) is 1.78. The minimum Gasteiger partial charge on any atom is -0.497 e. The highest BCUT2D eigenvalue weighted by atomic mass is 16.5. The van der Waals surface area contributed by atoms with E-state index in [0.29, 0.717) is 6.04 Å². The average molecular weight is 220 g/mol. The van der Waals surface area contributed by atoms with Crippen LogP contribution in [-0.4, -0.2) is 18.1 Å². The zero-order valence-electron chi connectivity index (χ0n) is 10.3. The summed E-state index contributed by atoms with van der Waals surface area (Å²) >= 11 is 0. The Morgan fingerprint density at radius 2 is 2.31 bits per heavy atom. The van der Waals surface area contributed by atoms with Crippen LogP contribution in [0.4, 0.5) is 0 Å². The molecule has 88 valence electrons. The molecule has 0 saturated heterocycles. The Morgan fingerprint density at radius 1 is 1.50 bits per heavy atom. The lowest BCUT2D eigenvalue weighted by atomic mass is 10.3. The molecule has 0 aromatic carbocycles. The molecule has 1 N–H and O–H groups in total. The van der Waals surface area contributed by atoms with Gasteiger partial charge in [0.15, 0.2) is 0 Å². The number of aromatic nitrogens is 1. The first-order valence-corrected chi connectivity index (χ1v) is 5.98. The van der Waals surface area contributed by atoms with Gasteiger partial charge in [0, 0.05) is 30.4 Å². The number of nitrogens with zero attached hydrogens (tertiary/aromatic N) is 1. The first-order valence-electron chi connectivity index (χ1n) is 5.98. The molecule has 0 amide bonds. The summed E-state index contributed by atoms with van der Waals surface area (Å²) < 4.78 is 5.23. The van der Waals surface area contributed by atoms with Gasteiger partial charge in [-0.15, -0.1) is 0 Å². The van der Waals surface area contributed by atoms with Gasteiger partial charge in [0.25, 0.3) is 0 Å². The summed E-state index contributed by atoms with van der Waals surface area (Å²) in [6.07, 6.45) is 2.60. The number of nitrogens with one attached hydrogen (secondary N) is 1. The maximum Gasteiger partial charge on any atom is 0.122 e. The van der Waals surface area contributed by atoms with Crippen molar-refractivity contribution in [2.75, 3.05) is 7.11 Å². The largest absolute Gasteiger partial charge is 0.497 e. The highest BCUT2D eigenvalue weighted by Gasteiger charge is 2.34. The number of rotatable bonds is 5.